The van der Waals surface area contributed by atoms with Crippen LogP contribution in [0.4, 0.5) is 0 Å². The molecule has 3 aromatic rings. The van der Waals surface area contributed by atoms with Gasteiger partial charge in [0.25, 0.3) is 0 Å². The first-order chi connectivity index (χ1) is 10.7. The van der Waals surface area contributed by atoms with Crippen LogP contribution in [0.2, 0.25) is 5.15 Å². The van der Waals surface area contributed by atoms with Gasteiger partial charge in [-0.05, 0) is 36.9 Å². The summed E-state index contributed by atoms with van der Waals surface area (Å²) in [4.78, 5) is 6.44. The number of aromatic nitrogens is 2. The summed E-state index contributed by atoms with van der Waals surface area (Å²) < 4.78 is 2.09. The van der Waals surface area contributed by atoms with Crippen molar-refractivity contribution in [3.05, 3.63) is 83.4 Å². The molecule has 0 aliphatic heterocycles. The average molecular weight is 312 g/mol. The summed E-state index contributed by atoms with van der Waals surface area (Å²) in [6.45, 7) is 1.75. The SMILES string of the molecule is CN(Cc1ccccc1)Cc1cccn1-c1cccnc1Cl. The molecule has 0 radical (unpaired) electrons. The Kier molecular flexibility index (Phi) is 4.56. The van der Waals surface area contributed by atoms with Crippen molar-refractivity contribution in [3.8, 4) is 5.69 Å². The van der Waals surface area contributed by atoms with Crippen LogP contribution >= 0.6 is 11.6 Å². The number of halogens is 1. The summed E-state index contributed by atoms with van der Waals surface area (Å²) in [5.74, 6) is 0. The Bertz CT molecular complexity index is 737. The zero-order valence-corrected chi connectivity index (χ0v) is 13.2. The van der Waals surface area contributed by atoms with Gasteiger partial charge < -0.3 is 4.57 Å². The molecular weight excluding hydrogens is 294 g/mol. The molecule has 0 saturated heterocycles. The number of rotatable bonds is 5. The molecule has 3 rings (SSSR count). The van der Waals surface area contributed by atoms with Gasteiger partial charge in [-0.3, -0.25) is 4.90 Å². The third kappa shape index (κ3) is 3.38. The second-order valence-corrected chi connectivity index (χ2v) is 5.70. The van der Waals surface area contributed by atoms with E-state index in [2.05, 4.69) is 51.8 Å². The molecule has 0 N–H and O–H groups in total. The van der Waals surface area contributed by atoms with Gasteiger partial charge >= 0.3 is 0 Å². The highest BCUT2D eigenvalue weighted by Crippen LogP contribution is 2.20. The fraction of sp³-hybridized carbons (Fsp3) is 0.167. The molecule has 4 heteroatoms. The molecule has 0 fully saturated rings. The predicted molar refractivity (Wildman–Crippen MR) is 90.2 cm³/mol. The summed E-state index contributed by atoms with van der Waals surface area (Å²) in [7, 11) is 2.12. The maximum Gasteiger partial charge on any atom is 0.152 e. The van der Waals surface area contributed by atoms with E-state index in [-0.39, 0.29) is 0 Å². The van der Waals surface area contributed by atoms with E-state index in [1.807, 2.05) is 30.5 Å². The molecule has 1 aromatic carbocycles. The van der Waals surface area contributed by atoms with Crippen LogP contribution in [0.5, 0.6) is 0 Å². The average Bonchev–Trinajstić information content (AvgIpc) is 2.96. The van der Waals surface area contributed by atoms with Crippen LogP contribution in [0.3, 0.4) is 0 Å². The molecular formula is C18H18ClN3. The van der Waals surface area contributed by atoms with Crippen LogP contribution in [0.25, 0.3) is 5.69 Å². The monoisotopic (exact) mass is 311 g/mol. The van der Waals surface area contributed by atoms with Gasteiger partial charge in [0.15, 0.2) is 5.15 Å². The van der Waals surface area contributed by atoms with Crippen molar-refractivity contribution in [2.45, 2.75) is 13.1 Å². The van der Waals surface area contributed by atoms with Gasteiger partial charge in [0.1, 0.15) is 0 Å². The summed E-state index contributed by atoms with van der Waals surface area (Å²) in [6.07, 6.45) is 3.73. The van der Waals surface area contributed by atoms with Gasteiger partial charge in [0.2, 0.25) is 0 Å². The highest BCUT2D eigenvalue weighted by molar-refractivity contribution is 6.31. The highest BCUT2D eigenvalue weighted by atomic mass is 35.5. The number of pyridine rings is 1. The Morgan fingerprint density at radius 2 is 1.82 bits per heavy atom. The Balaban J connectivity index is 1.77. The smallest absolute Gasteiger partial charge is 0.152 e. The van der Waals surface area contributed by atoms with Crippen LogP contribution in [0.1, 0.15) is 11.3 Å². The molecule has 0 atom stereocenters. The molecule has 0 saturated carbocycles. The minimum Gasteiger partial charge on any atom is -0.317 e. The molecule has 22 heavy (non-hydrogen) atoms. The molecule has 0 unspecified atom stereocenters. The van der Waals surface area contributed by atoms with E-state index in [1.54, 1.807) is 6.20 Å². The molecule has 0 aliphatic carbocycles. The van der Waals surface area contributed by atoms with Crippen molar-refractivity contribution in [3.63, 3.8) is 0 Å². The summed E-state index contributed by atoms with van der Waals surface area (Å²) in [6, 6.07) is 18.5. The normalized spacial score (nSPS) is 11.0. The zero-order valence-electron chi connectivity index (χ0n) is 12.5. The van der Waals surface area contributed by atoms with Crippen molar-refractivity contribution < 1.29 is 0 Å². The quantitative estimate of drug-likeness (QED) is 0.660. The Labute approximate surface area is 135 Å². The van der Waals surface area contributed by atoms with Crippen LogP contribution in [-0.4, -0.2) is 21.5 Å². The Morgan fingerprint density at radius 3 is 2.59 bits per heavy atom. The number of hydrogen-bond donors (Lipinski definition) is 0. The van der Waals surface area contributed by atoms with Crippen LogP contribution in [-0.2, 0) is 13.1 Å². The number of hydrogen-bond acceptors (Lipinski definition) is 2. The van der Waals surface area contributed by atoms with Gasteiger partial charge in [0, 0.05) is 31.2 Å². The van der Waals surface area contributed by atoms with E-state index in [0.717, 1.165) is 18.8 Å². The molecule has 112 valence electrons. The second-order valence-electron chi connectivity index (χ2n) is 5.34. The maximum atomic E-state index is 6.21. The van der Waals surface area contributed by atoms with E-state index < -0.39 is 0 Å². The number of benzene rings is 1. The van der Waals surface area contributed by atoms with Crippen molar-refractivity contribution in [1.82, 2.24) is 14.5 Å². The molecule has 2 aromatic heterocycles. The molecule has 0 bridgehead atoms. The lowest BCUT2D eigenvalue weighted by atomic mass is 10.2. The highest BCUT2D eigenvalue weighted by Gasteiger charge is 2.09. The lowest BCUT2D eigenvalue weighted by molar-refractivity contribution is 0.313. The molecule has 3 nitrogen and oxygen atoms in total. The Morgan fingerprint density at radius 1 is 1.00 bits per heavy atom. The van der Waals surface area contributed by atoms with Crippen LogP contribution in [0.15, 0.2) is 67.0 Å². The number of nitrogens with zero attached hydrogens (tertiary/aromatic N) is 3. The maximum absolute atomic E-state index is 6.21. The zero-order chi connectivity index (χ0) is 15.4. The lowest BCUT2D eigenvalue weighted by Crippen LogP contribution is -2.19. The van der Waals surface area contributed by atoms with Gasteiger partial charge in [0.05, 0.1) is 5.69 Å². The van der Waals surface area contributed by atoms with Gasteiger partial charge in [-0.15, -0.1) is 0 Å². The summed E-state index contributed by atoms with van der Waals surface area (Å²) in [5, 5.41) is 0.519. The molecule has 0 aliphatic rings. The van der Waals surface area contributed by atoms with Crippen molar-refractivity contribution in [2.24, 2.45) is 0 Å². The Hall–Kier alpha value is -2.10. The lowest BCUT2D eigenvalue weighted by Gasteiger charge is -2.18. The third-order valence-electron chi connectivity index (χ3n) is 3.56. The largest absolute Gasteiger partial charge is 0.317 e. The van der Waals surface area contributed by atoms with Crippen molar-refractivity contribution in [2.75, 3.05) is 7.05 Å². The molecule has 0 amide bonds. The minimum atomic E-state index is 0.519. The molecule has 0 spiro atoms. The first-order valence-electron chi connectivity index (χ1n) is 7.23. The van der Waals surface area contributed by atoms with E-state index in [1.165, 1.54) is 11.3 Å². The first-order valence-corrected chi connectivity index (χ1v) is 7.61. The van der Waals surface area contributed by atoms with Gasteiger partial charge in [-0.25, -0.2) is 4.98 Å². The fourth-order valence-electron chi connectivity index (χ4n) is 2.56. The van der Waals surface area contributed by atoms with Crippen LogP contribution in [0, 0.1) is 0 Å². The van der Waals surface area contributed by atoms with E-state index in [0.29, 0.717) is 5.15 Å². The third-order valence-corrected chi connectivity index (χ3v) is 3.85. The standard InChI is InChI=1S/C18H18ClN3/c1-21(13-15-7-3-2-4-8-15)14-16-9-6-12-22(16)17-10-5-11-20-18(17)19/h2-12H,13-14H2,1H3. The van der Waals surface area contributed by atoms with E-state index in [4.69, 9.17) is 11.6 Å². The van der Waals surface area contributed by atoms with Crippen molar-refractivity contribution in [1.29, 1.82) is 0 Å². The van der Waals surface area contributed by atoms with Gasteiger partial charge in [-0.1, -0.05) is 41.9 Å². The first kappa shape index (κ1) is 14.8. The fourth-order valence-corrected chi connectivity index (χ4v) is 2.78. The summed E-state index contributed by atoms with van der Waals surface area (Å²) in [5.41, 5.74) is 3.41. The van der Waals surface area contributed by atoms with E-state index in [9.17, 15) is 0 Å². The van der Waals surface area contributed by atoms with Crippen LogP contribution < -0.4 is 0 Å². The predicted octanol–water partition coefficient (Wildman–Crippen LogP) is 4.16. The summed E-state index contributed by atoms with van der Waals surface area (Å²) >= 11 is 6.21. The van der Waals surface area contributed by atoms with E-state index >= 15 is 0 Å². The molecule has 2 heterocycles. The topological polar surface area (TPSA) is 21.1 Å². The van der Waals surface area contributed by atoms with Gasteiger partial charge in [-0.2, -0.15) is 0 Å². The second kappa shape index (κ2) is 6.77. The minimum absolute atomic E-state index is 0.519. The van der Waals surface area contributed by atoms with Crippen molar-refractivity contribution >= 4 is 11.6 Å².